The Morgan fingerprint density at radius 2 is 2.12 bits per heavy atom. The molecule has 2 unspecified atom stereocenters. The van der Waals surface area contributed by atoms with Crippen molar-refractivity contribution in [2.45, 2.75) is 19.1 Å². The molecule has 0 bridgehead atoms. The van der Waals surface area contributed by atoms with Gasteiger partial charge < -0.3 is 19.7 Å². The van der Waals surface area contributed by atoms with Gasteiger partial charge in [-0.15, -0.1) is 0 Å². The van der Waals surface area contributed by atoms with E-state index < -0.39 is 12.0 Å². The first-order valence-corrected chi connectivity index (χ1v) is 8.04. The molecule has 6 nitrogen and oxygen atoms in total. The average Bonchev–Trinajstić information content (AvgIpc) is 3.24. The number of nitrogens with one attached hydrogen (secondary N) is 1. The van der Waals surface area contributed by atoms with Crippen LogP contribution in [0.5, 0.6) is 0 Å². The Morgan fingerprint density at radius 1 is 1.36 bits per heavy atom. The van der Waals surface area contributed by atoms with Gasteiger partial charge in [0.05, 0.1) is 24.8 Å². The molecule has 132 valence electrons. The second-order valence-electron chi connectivity index (χ2n) is 6.07. The zero-order chi connectivity index (χ0) is 17.8. The van der Waals surface area contributed by atoms with Crippen LogP contribution in [0.3, 0.4) is 0 Å². The second kappa shape index (κ2) is 7.48. The molecule has 1 aliphatic rings. The van der Waals surface area contributed by atoms with E-state index in [9.17, 15) is 19.1 Å². The molecule has 0 spiro atoms. The summed E-state index contributed by atoms with van der Waals surface area (Å²) in [5.74, 6) is -0.558. The Kier molecular flexibility index (Phi) is 5.14. The summed E-state index contributed by atoms with van der Waals surface area (Å²) in [4.78, 5) is 25.9. The molecular formula is C18H19FN2O4. The normalized spacial score (nSPS) is 18.4. The van der Waals surface area contributed by atoms with Gasteiger partial charge in [0.1, 0.15) is 11.6 Å². The van der Waals surface area contributed by atoms with E-state index in [-0.39, 0.29) is 30.6 Å². The third kappa shape index (κ3) is 4.24. The van der Waals surface area contributed by atoms with Crippen molar-refractivity contribution >= 4 is 11.8 Å². The van der Waals surface area contributed by atoms with Crippen LogP contribution in [0.1, 0.15) is 23.8 Å². The minimum atomic E-state index is -0.930. The Morgan fingerprint density at radius 3 is 2.80 bits per heavy atom. The van der Waals surface area contributed by atoms with Crippen LogP contribution in [0.2, 0.25) is 0 Å². The lowest BCUT2D eigenvalue weighted by Gasteiger charge is -2.16. The van der Waals surface area contributed by atoms with Crippen LogP contribution in [-0.2, 0) is 16.1 Å². The first kappa shape index (κ1) is 17.2. The number of carbonyl (C=O) groups is 2. The number of hydrogen-bond donors (Lipinski definition) is 2. The van der Waals surface area contributed by atoms with Gasteiger partial charge in [-0.3, -0.25) is 9.59 Å². The van der Waals surface area contributed by atoms with Crippen LogP contribution in [0, 0.1) is 11.7 Å². The Labute approximate surface area is 144 Å². The number of nitrogens with zero attached hydrogens (tertiary/aromatic N) is 1. The third-order valence-electron chi connectivity index (χ3n) is 4.24. The van der Waals surface area contributed by atoms with Crippen molar-refractivity contribution in [3.63, 3.8) is 0 Å². The lowest BCUT2D eigenvalue weighted by Crippen LogP contribution is -2.35. The highest BCUT2D eigenvalue weighted by molar-refractivity contribution is 5.89. The second-order valence-corrected chi connectivity index (χ2v) is 6.07. The molecule has 7 heteroatoms. The molecule has 2 N–H and O–H groups in total. The summed E-state index contributed by atoms with van der Waals surface area (Å²) in [6, 6.07) is 8.97. The maximum Gasteiger partial charge on any atom is 0.225 e. The van der Waals surface area contributed by atoms with Crippen molar-refractivity contribution in [3.8, 4) is 0 Å². The summed E-state index contributed by atoms with van der Waals surface area (Å²) in [6.45, 7) is 0.666. The number of carbonyl (C=O) groups excluding carboxylic acids is 2. The fourth-order valence-corrected chi connectivity index (χ4v) is 2.84. The molecule has 1 aromatic heterocycles. The van der Waals surface area contributed by atoms with Gasteiger partial charge in [0.2, 0.25) is 11.8 Å². The molecule has 1 aromatic carbocycles. The molecule has 2 atom stereocenters. The minimum absolute atomic E-state index is 0.00728. The zero-order valence-electron chi connectivity index (χ0n) is 13.5. The number of aliphatic hydroxyl groups is 1. The monoisotopic (exact) mass is 346 g/mol. The first-order valence-electron chi connectivity index (χ1n) is 8.04. The summed E-state index contributed by atoms with van der Waals surface area (Å²) in [7, 11) is 0. The van der Waals surface area contributed by atoms with Crippen molar-refractivity contribution in [1.29, 1.82) is 0 Å². The number of rotatable bonds is 6. The molecule has 0 radical (unpaired) electrons. The number of likely N-dealkylation sites (tertiary alicyclic amines) is 1. The fourth-order valence-electron chi connectivity index (χ4n) is 2.84. The van der Waals surface area contributed by atoms with E-state index >= 15 is 0 Å². The molecule has 1 aliphatic heterocycles. The zero-order valence-corrected chi connectivity index (χ0v) is 13.5. The summed E-state index contributed by atoms with van der Waals surface area (Å²) in [5, 5.41) is 12.7. The van der Waals surface area contributed by atoms with Gasteiger partial charge in [0.15, 0.2) is 0 Å². The Balaban J connectivity index is 1.50. The predicted molar refractivity (Wildman–Crippen MR) is 86.6 cm³/mol. The molecule has 0 saturated carbocycles. The van der Waals surface area contributed by atoms with E-state index in [0.717, 1.165) is 0 Å². The Hall–Kier alpha value is -2.67. The van der Waals surface area contributed by atoms with E-state index in [0.29, 0.717) is 24.4 Å². The number of amides is 2. The van der Waals surface area contributed by atoms with Gasteiger partial charge in [-0.05, 0) is 29.8 Å². The highest BCUT2D eigenvalue weighted by Crippen LogP contribution is 2.21. The highest BCUT2D eigenvalue weighted by Gasteiger charge is 2.34. The largest absolute Gasteiger partial charge is 0.467 e. The quantitative estimate of drug-likeness (QED) is 0.833. The molecule has 0 aliphatic carbocycles. The van der Waals surface area contributed by atoms with Crippen molar-refractivity contribution in [1.82, 2.24) is 10.2 Å². The van der Waals surface area contributed by atoms with Crippen molar-refractivity contribution in [2.75, 3.05) is 13.1 Å². The van der Waals surface area contributed by atoms with E-state index in [2.05, 4.69) is 5.32 Å². The number of hydrogen-bond acceptors (Lipinski definition) is 4. The summed E-state index contributed by atoms with van der Waals surface area (Å²) < 4.78 is 18.1. The van der Waals surface area contributed by atoms with Crippen LogP contribution in [0.15, 0.2) is 47.1 Å². The van der Waals surface area contributed by atoms with Crippen molar-refractivity contribution in [3.05, 3.63) is 59.8 Å². The van der Waals surface area contributed by atoms with Gasteiger partial charge in [0.25, 0.3) is 0 Å². The smallest absolute Gasteiger partial charge is 0.225 e. The number of aliphatic hydroxyl groups excluding tert-OH is 1. The van der Waals surface area contributed by atoms with E-state index in [1.54, 1.807) is 17.0 Å². The van der Waals surface area contributed by atoms with E-state index in [4.69, 9.17) is 4.42 Å². The van der Waals surface area contributed by atoms with Crippen LogP contribution in [-0.4, -0.2) is 34.9 Å². The topological polar surface area (TPSA) is 82.8 Å². The number of halogens is 1. The van der Waals surface area contributed by atoms with Crippen molar-refractivity contribution < 1.29 is 23.5 Å². The maximum absolute atomic E-state index is 12.9. The molecule has 2 aromatic rings. The molecule has 1 saturated heterocycles. The Bertz CT molecular complexity index is 730. The minimum Gasteiger partial charge on any atom is -0.467 e. The third-order valence-corrected chi connectivity index (χ3v) is 4.24. The van der Waals surface area contributed by atoms with Gasteiger partial charge >= 0.3 is 0 Å². The summed E-state index contributed by atoms with van der Waals surface area (Å²) in [5.41, 5.74) is 0.517. The molecule has 2 heterocycles. The fraction of sp³-hybridized carbons (Fsp3) is 0.333. The first-order chi connectivity index (χ1) is 12.0. The summed E-state index contributed by atoms with van der Waals surface area (Å²) >= 11 is 0. The van der Waals surface area contributed by atoms with E-state index in [1.165, 1.54) is 30.5 Å². The lowest BCUT2D eigenvalue weighted by molar-refractivity contribution is -0.129. The van der Waals surface area contributed by atoms with Crippen LogP contribution >= 0.6 is 0 Å². The van der Waals surface area contributed by atoms with Crippen LogP contribution in [0.25, 0.3) is 0 Å². The molecular weight excluding hydrogens is 327 g/mol. The van der Waals surface area contributed by atoms with Gasteiger partial charge in [-0.2, -0.15) is 0 Å². The SMILES string of the molecule is O=C(NCC(O)c1ccc(F)cc1)C1CC(=O)N(Cc2ccco2)C1. The molecule has 25 heavy (non-hydrogen) atoms. The van der Waals surface area contributed by atoms with Crippen LogP contribution < -0.4 is 5.32 Å². The van der Waals surface area contributed by atoms with Crippen LogP contribution in [0.4, 0.5) is 4.39 Å². The standard InChI is InChI=1S/C18H19FN2O4/c19-14-5-3-12(4-6-14)16(22)9-20-18(24)13-8-17(23)21(10-13)11-15-2-1-7-25-15/h1-7,13,16,22H,8-11H2,(H,20,24). The maximum atomic E-state index is 12.9. The van der Waals surface area contributed by atoms with Gasteiger partial charge in [0, 0.05) is 19.5 Å². The molecule has 3 rings (SSSR count). The molecule has 1 fully saturated rings. The molecule has 2 amide bonds. The van der Waals surface area contributed by atoms with Gasteiger partial charge in [-0.1, -0.05) is 12.1 Å². The lowest BCUT2D eigenvalue weighted by atomic mass is 10.1. The average molecular weight is 346 g/mol. The summed E-state index contributed by atoms with van der Waals surface area (Å²) in [6.07, 6.45) is 0.747. The predicted octanol–water partition coefficient (Wildman–Crippen LogP) is 1.62. The highest BCUT2D eigenvalue weighted by atomic mass is 19.1. The van der Waals surface area contributed by atoms with Crippen molar-refractivity contribution in [2.24, 2.45) is 5.92 Å². The van der Waals surface area contributed by atoms with E-state index in [1.807, 2.05) is 0 Å². The number of benzene rings is 1. The number of furan rings is 1. The van der Waals surface area contributed by atoms with Gasteiger partial charge in [-0.25, -0.2) is 4.39 Å².